The van der Waals surface area contributed by atoms with Gasteiger partial charge >= 0.3 is 0 Å². The van der Waals surface area contributed by atoms with Crippen LogP contribution in [0.4, 0.5) is 0 Å². The quantitative estimate of drug-likeness (QED) is 0.806. The molecular weight excluding hydrogens is 242 g/mol. The van der Waals surface area contributed by atoms with E-state index >= 15 is 0 Å². The van der Waals surface area contributed by atoms with Gasteiger partial charge in [0.1, 0.15) is 0 Å². The summed E-state index contributed by atoms with van der Waals surface area (Å²) in [6.07, 6.45) is 4.33. The van der Waals surface area contributed by atoms with E-state index in [4.69, 9.17) is 0 Å². The van der Waals surface area contributed by atoms with Crippen LogP contribution in [-0.2, 0) is 11.8 Å². The van der Waals surface area contributed by atoms with Crippen LogP contribution in [0.2, 0.25) is 0 Å². The van der Waals surface area contributed by atoms with Gasteiger partial charge in [0.05, 0.1) is 12.3 Å². The topological polar surface area (TPSA) is 67.2 Å². The molecule has 1 rings (SSSR count). The second-order valence-electron chi connectivity index (χ2n) is 5.77. The summed E-state index contributed by atoms with van der Waals surface area (Å²) in [6, 6.07) is 0. The van der Waals surface area contributed by atoms with Crippen molar-refractivity contribution >= 4 is 12.0 Å². The first-order valence-corrected chi connectivity index (χ1v) is 6.34. The van der Waals surface area contributed by atoms with Crippen LogP contribution in [0.3, 0.4) is 0 Å². The van der Waals surface area contributed by atoms with Crippen molar-refractivity contribution in [2.24, 2.45) is 12.5 Å². The van der Waals surface area contributed by atoms with Crippen LogP contribution in [0.1, 0.15) is 32.0 Å². The molecule has 1 atom stereocenters. The zero-order valence-corrected chi connectivity index (χ0v) is 12.3. The molecule has 1 amide bonds. The minimum atomic E-state index is -0.565. The third-order valence-electron chi connectivity index (χ3n) is 3.16. The highest BCUT2D eigenvalue weighted by Gasteiger charge is 2.21. The molecule has 0 bridgehead atoms. The second-order valence-corrected chi connectivity index (χ2v) is 5.77. The normalized spacial score (nSPS) is 13.8. The van der Waals surface area contributed by atoms with E-state index in [-0.39, 0.29) is 17.9 Å². The van der Waals surface area contributed by atoms with E-state index in [1.807, 2.05) is 34.7 Å². The Morgan fingerprint density at radius 3 is 2.68 bits per heavy atom. The largest absolute Gasteiger partial charge is 0.391 e. The van der Waals surface area contributed by atoms with E-state index in [1.54, 1.807) is 17.0 Å². The summed E-state index contributed by atoms with van der Waals surface area (Å²) >= 11 is 0. The van der Waals surface area contributed by atoms with Crippen molar-refractivity contribution in [3.63, 3.8) is 0 Å². The molecule has 1 aromatic heterocycles. The minimum Gasteiger partial charge on any atom is -0.391 e. The van der Waals surface area contributed by atoms with Gasteiger partial charge in [0.2, 0.25) is 5.91 Å². The van der Waals surface area contributed by atoms with Gasteiger partial charge in [-0.2, -0.15) is 5.10 Å². The highest BCUT2D eigenvalue weighted by molar-refractivity contribution is 5.91. The summed E-state index contributed by atoms with van der Waals surface area (Å²) < 4.78 is 1.75. The Morgan fingerprint density at radius 2 is 2.21 bits per heavy atom. The second kappa shape index (κ2) is 6.02. The zero-order chi connectivity index (χ0) is 14.6. The minimum absolute atomic E-state index is 0.216. The van der Waals surface area contributed by atoms with Crippen molar-refractivity contribution in [3.8, 4) is 0 Å². The Balaban J connectivity index is 2.50. The van der Waals surface area contributed by atoms with E-state index < -0.39 is 6.10 Å². The SMILES string of the molecule is Cc1c(/C=C/C(=O)NCC(O)C(C)(C)C)cnn1C. The van der Waals surface area contributed by atoms with Gasteiger partial charge in [-0.1, -0.05) is 20.8 Å². The van der Waals surface area contributed by atoms with Crippen LogP contribution >= 0.6 is 0 Å². The lowest BCUT2D eigenvalue weighted by Gasteiger charge is -2.25. The maximum Gasteiger partial charge on any atom is 0.244 e. The van der Waals surface area contributed by atoms with Crippen LogP contribution in [0.25, 0.3) is 6.08 Å². The lowest BCUT2D eigenvalue weighted by atomic mass is 9.89. The number of hydrogen-bond acceptors (Lipinski definition) is 3. The van der Waals surface area contributed by atoms with E-state index in [1.165, 1.54) is 6.08 Å². The van der Waals surface area contributed by atoms with Gasteiger partial charge < -0.3 is 10.4 Å². The number of rotatable bonds is 4. The number of nitrogens with one attached hydrogen (secondary N) is 1. The van der Waals surface area contributed by atoms with Gasteiger partial charge in [0.15, 0.2) is 0 Å². The molecule has 0 aliphatic rings. The maximum absolute atomic E-state index is 11.6. The molecule has 0 saturated carbocycles. The predicted molar refractivity (Wildman–Crippen MR) is 75.5 cm³/mol. The molecule has 0 spiro atoms. The lowest BCUT2D eigenvalue weighted by molar-refractivity contribution is -0.117. The van der Waals surface area contributed by atoms with Crippen molar-refractivity contribution in [3.05, 3.63) is 23.5 Å². The summed E-state index contributed by atoms with van der Waals surface area (Å²) in [5, 5.41) is 16.6. The summed E-state index contributed by atoms with van der Waals surface area (Å²) in [5.74, 6) is -0.216. The number of amides is 1. The first kappa shape index (κ1) is 15.4. The maximum atomic E-state index is 11.6. The Hall–Kier alpha value is -1.62. The van der Waals surface area contributed by atoms with Crippen LogP contribution in [-0.4, -0.2) is 33.4 Å². The van der Waals surface area contributed by atoms with Crippen molar-refractivity contribution in [1.29, 1.82) is 0 Å². The van der Waals surface area contributed by atoms with Crippen molar-refractivity contribution < 1.29 is 9.90 Å². The Labute approximate surface area is 114 Å². The molecule has 5 heteroatoms. The molecule has 19 heavy (non-hydrogen) atoms. The summed E-state index contributed by atoms with van der Waals surface area (Å²) in [6.45, 7) is 7.97. The highest BCUT2D eigenvalue weighted by atomic mass is 16.3. The molecule has 1 aromatic rings. The number of nitrogens with zero attached hydrogens (tertiary/aromatic N) is 2. The number of aliphatic hydroxyl groups excluding tert-OH is 1. The monoisotopic (exact) mass is 265 g/mol. The fourth-order valence-corrected chi connectivity index (χ4v) is 1.41. The number of aryl methyl sites for hydroxylation is 1. The standard InChI is InChI=1S/C14H23N3O2/c1-10-11(8-16-17(10)5)6-7-13(19)15-9-12(18)14(2,3)4/h6-8,12,18H,9H2,1-5H3,(H,15,19)/b7-6+. The third-order valence-corrected chi connectivity index (χ3v) is 3.16. The lowest BCUT2D eigenvalue weighted by Crippen LogP contribution is -2.38. The van der Waals surface area contributed by atoms with Gasteiger partial charge in [-0.25, -0.2) is 0 Å². The van der Waals surface area contributed by atoms with Crippen molar-refractivity contribution in [2.75, 3.05) is 6.54 Å². The van der Waals surface area contributed by atoms with Crippen LogP contribution in [0.5, 0.6) is 0 Å². The van der Waals surface area contributed by atoms with Gasteiger partial charge in [-0.3, -0.25) is 9.48 Å². The molecule has 0 aliphatic carbocycles. The molecular formula is C14H23N3O2. The van der Waals surface area contributed by atoms with E-state index in [0.29, 0.717) is 0 Å². The molecule has 0 fully saturated rings. The fourth-order valence-electron chi connectivity index (χ4n) is 1.41. The number of aromatic nitrogens is 2. The molecule has 5 nitrogen and oxygen atoms in total. The molecule has 1 unspecified atom stereocenters. The number of carbonyl (C=O) groups is 1. The zero-order valence-electron chi connectivity index (χ0n) is 12.3. The van der Waals surface area contributed by atoms with Crippen LogP contribution < -0.4 is 5.32 Å². The van der Waals surface area contributed by atoms with Crippen molar-refractivity contribution in [2.45, 2.75) is 33.8 Å². The Kier molecular flexibility index (Phi) is 4.89. The van der Waals surface area contributed by atoms with Gasteiger partial charge in [-0.05, 0) is 18.4 Å². The van der Waals surface area contributed by atoms with E-state index in [0.717, 1.165) is 11.3 Å². The third kappa shape index (κ3) is 4.52. The number of carbonyl (C=O) groups excluding carboxylic acids is 1. The van der Waals surface area contributed by atoms with Gasteiger partial charge in [0, 0.05) is 30.9 Å². The average Bonchev–Trinajstić information content (AvgIpc) is 2.63. The highest BCUT2D eigenvalue weighted by Crippen LogP contribution is 2.18. The first-order chi connectivity index (χ1) is 8.71. The molecule has 0 aromatic carbocycles. The number of hydrogen-bond donors (Lipinski definition) is 2. The summed E-state index contributed by atoms with van der Waals surface area (Å²) in [4.78, 5) is 11.6. The molecule has 2 N–H and O–H groups in total. The van der Waals surface area contributed by atoms with Crippen molar-refractivity contribution in [1.82, 2.24) is 15.1 Å². The molecule has 1 heterocycles. The van der Waals surface area contributed by atoms with E-state index in [2.05, 4.69) is 10.4 Å². The smallest absolute Gasteiger partial charge is 0.244 e. The average molecular weight is 265 g/mol. The Bertz CT molecular complexity index is 470. The van der Waals surface area contributed by atoms with E-state index in [9.17, 15) is 9.90 Å². The van der Waals surface area contributed by atoms with Crippen LogP contribution in [0.15, 0.2) is 12.3 Å². The number of aliphatic hydroxyl groups is 1. The summed E-state index contributed by atoms with van der Waals surface area (Å²) in [5.41, 5.74) is 1.67. The fraction of sp³-hybridized carbons (Fsp3) is 0.571. The van der Waals surface area contributed by atoms with Gasteiger partial charge in [0.25, 0.3) is 0 Å². The molecule has 0 aliphatic heterocycles. The predicted octanol–water partition coefficient (Wildman–Crippen LogP) is 1.26. The molecule has 106 valence electrons. The van der Waals surface area contributed by atoms with Crippen LogP contribution in [0, 0.1) is 12.3 Å². The molecule has 0 radical (unpaired) electrons. The Morgan fingerprint density at radius 1 is 1.58 bits per heavy atom. The first-order valence-electron chi connectivity index (χ1n) is 6.34. The molecule has 0 saturated heterocycles. The summed E-state index contributed by atoms with van der Waals surface area (Å²) in [7, 11) is 1.85. The van der Waals surface area contributed by atoms with Gasteiger partial charge in [-0.15, -0.1) is 0 Å².